The summed E-state index contributed by atoms with van der Waals surface area (Å²) >= 11 is 0. The maximum absolute atomic E-state index is 10.1. The summed E-state index contributed by atoms with van der Waals surface area (Å²) in [6, 6.07) is 0. The quantitative estimate of drug-likeness (QED) is 0.439. The van der Waals surface area contributed by atoms with E-state index in [1.807, 2.05) is 0 Å². The van der Waals surface area contributed by atoms with Crippen molar-refractivity contribution in [3.63, 3.8) is 0 Å². The van der Waals surface area contributed by atoms with Gasteiger partial charge in [0.2, 0.25) is 0 Å². The van der Waals surface area contributed by atoms with E-state index < -0.39 is 13.9 Å². The lowest BCUT2D eigenvalue weighted by Crippen LogP contribution is -1.87. The van der Waals surface area contributed by atoms with Gasteiger partial charge in [-0.15, -0.1) is 0 Å². The van der Waals surface area contributed by atoms with Crippen LogP contribution >= 0.6 is 7.95 Å². The Bertz CT molecular complexity index is 154. The molecule has 0 aromatic heterocycles. The van der Waals surface area contributed by atoms with Crippen LogP contribution in [0.1, 0.15) is 0 Å². The van der Waals surface area contributed by atoms with Crippen LogP contribution in [0.2, 0.25) is 0 Å². The molecular weight excluding hydrogens is 141 g/mol. The van der Waals surface area contributed by atoms with Gasteiger partial charge in [0, 0.05) is 12.2 Å². The van der Waals surface area contributed by atoms with Crippen LogP contribution in [0.5, 0.6) is 0 Å². The van der Waals surface area contributed by atoms with E-state index in [2.05, 4.69) is 0 Å². The zero-order chi connectivity index (χ0) is 7.28. The molecule has 0 aliphatic carbocycles. The first-order valence-electron chi connectivity index (χ1n) is 2.30. The third kappa shape index (κ3) is 7.40. The van der Waals surface area contributed by atoms with Crippen molar-refractivity contribution in [1.29, 1.82) is 0 Å². The number of hydrogen-bond acceptors (Lipinski definition) is 2. The first-order valence-corrected chi connectivity index (χ1v) is 4.00. The molecule has 4 nitrogen and oxygen atoms in total. The van der Waals surface area contributed by atoms with Crippen molar-refractivity contribution < 1.29 is 14.5 Å². The number of hydrogen-bond donors (Lipinski definition) is 2. The molecule has 5 heteroatoms. The average molecular weight is 149 g/mol. The molecule has 0 spiro atoms. The molecule has 0 amide bonds. The van der Waals surface area contributed by atoms with E-state index in [4.69, 9.17) is 10.6 Å². The lowest BCUT2D eigenvalue weighted by molar-refractivity contribution is -0.131. The van der Waals surface area contributed by atoms with Crippen molar-refractivity contribution in [2.24, 2.45) is 5.50 Å². The average Bonchev–Trinajstić information content (AvgIpc) is 1.63. The second-order valence-electron chi connectivity index (χ2n) is 1.41. The summed E-state index contributed by atoms with van der Waals surface area (Å²) in [5, 5.41) is 8.01. The predicted octanol–water partition coefficient (Wildman–Crippen LogP) is 0.0606. The maximum atomic E-state index is 10.1. The summed E-state index contributed by atoms with van der Waals surface area (Å²) < 4.78 is 10.1. The lowest BCUT2D eigenvalue weighted by Gasteiger charge is -1.82. The maximum Gasteiger partial charge on any atom is 0.327 e. The van der Waals surface area contributed by atoms with Gasteiger partial charge < -0.3 is 9.67 Å². The topological polar surface area (TPSA) is 80.4 Å². The molecule has 9 heavy (non-hydrogen) atoms. The highest BCUT2D eigenvalue weighted by atomic mass is 31.1. The van der Waals surface area contributed by atoms with Gasteiger partial charge in [-0.05, 0) is 0 Å². The van der Waals surface area contributed by atoms with Crippen LogP contribution in [-0.4, -0.2) is 17.2 Å². The SMILES string of the molecule is N[PH](=O)CC=CC(=O)O. The summed E-state index contributed by atoms with van der Waals surface area (Å²) in [5.41, 5.74) is 4.88. The van der Waals surface area contributed by atoms with E-state index >= 15 is 0 Å². The Morgan fingerprint density at radius 1 is 1.78 bits per heavy atom. The monoisotopic (exact) mass is 149 g/mol. The number of rotatable bonds is 3. The van der Waals surface area contributed by atoms with Gasteiger partial charge in [-0.2, -0.15) is 0 Å². The van der Waals surface area contributed by atoms with Crippen LogP contribution in [0.25, 0.3) is 0 Å². The van der Waals surface area contributed by atoms with Crippen molar-refractivity contribution in [1.82, 2.24) is 0 Å². The molecule has 0 saturated carbocycles. The second kappa shape index (κ2) is 4.30. The summed E-state index contributed by atoms with van der Waals surface area (Å²) in [4.78, 5) is 9.76. The minimum atomic E-state index is -2.03. The highest BCUT2D eigenvalue weighted by Crippen LogP contribution is 2.05. The van der Waals surface area contributed by atoms with Gasteiger partial charge >= 0.3 is 5.97 Å². The van der Waals surface area contributed by atoms with Crippen molar-refractivity contribution in [3.05, 3.63) is 12.2 Å². The van der Waals surface area contributed by atoms with Crippen molar-refractivity contribution >= 4 is 13.9 Å². The number of carbonyl (C=O) groups is 1. The van der Waals surface area contributed by atoms with E-state index in [0.29, 0.717) is 0 Å². The van der Waals surface area contributed by atoms with Gasteiger partial charge in [-0.1, -0.05) is 6.08 Å². The summed E-state index contributed by atoms with van der Waals surface area (Å²) in [5.74, 6) is -1.04. The fraction of sp³-hybridized carbons (Fsp3) is 0.250. The first-order chi connectivity index (χ1) is 4.13. The Morgan fingerprint density at radius 2 is 2.33 bits per heavy atom. The van der Waals surface area contributed by atoms with Crippen LogP contribution in [0.4, 0.5) is 0 Å². The molecule has 0 aliphatic rings. The zero-order valence-electron chi connectivity index (χ0n) is 4.70. The molecule has 0 saturated heterocycles. The highest BCUT2D eigenvalue weighted by Gasteiger charge is 1.86. The third-order valence-electron chi connectivity index (χ3n) is 0.579. The molecule has 1 unspecified atom stereocenters. The number of aliphatic carboxylic acids is 1. The van der Waals surface area contributed by atoms with Crippen molar-refractivity contribution in [2.75, 3.05) is 6.16 Å². The number of carboxylic acid groups (broad SMARTS) is 1. The Morgan fingerprint density at radius 3 is 2.67 bits per heavy atom. The molecule has 1 atom stereocenters. The molecule has 0 aromatic carbocycles. The molecule has 3 N–H and O–H groups in total. The lowest BCUT2D eigenvalue weighted by atomic mass is 10.5. The Hall–Kier alpha value is -0.600. The van der Waals surface area contributed by atoms with Crippen molar-refractivity contribution in [2.45, 2.75) is 0 Å². The van der Waals surface area contributed by atoms with E-state index in [0.717, 1.165) is 6.08 Å². The molecular formula is C4H8NO3P. The predicted molar refractivity (Wildman–Crippen MR) is 34.8 cm³/mol. The third-order valence-corrected chi connectivity index (χ3v) is 1.22. The van der Waals surface area contributed by atoms with Crippen LogP contribution in [-0.2, 0) is 9.36 Å². The van der Waals surface area contributed by atoms with Crippen LogP contribution in [0.3, 0.4) is 0 Å². The smallest absolute Gasteiger partial charge is 0.327 e. The fourth-order valence-electron chi connectivity index (χ4n) is 0.276. The fourth-order valence-corrected chi connectivity index (χ4v) is 0.626. The standard InChI is InChI=1S/C4H8NO3P/c5-9(8)3-1-2-4(6)7/h1-2,9H,3H2,(H2,5,8)(H,6,7). The molecule has 0 aliphatic heterocycles. The number of carboxylic acids is 1. The Balaban J connectivity index is 3.48. The van der Waals surface area contributed by atoms with Crippen LogP contribution < -0.4 is 5.50 Å². The summed E-state index contributed by atoms with van der Waals surface area (Å²) in [7, 11) is -2.03. The molecule has 0 radical (unpaired) electrons. The van der Waals surface area contributed by atoms with Crippen molar-refractivity contribution in [3.8, 4) is 0 Å². The second-order valence-corrected chi connectivity index (χ2v) is 2.75. The van der Waals surface area contributed by atoms with E-state index in [1.54, 1.807) is 0 Å². The van der Waals surface area contributed by atoms with E-state index in [9.17, 15) is 9.36 Å². The Kier molecular flexibility index (Phi) is 4.01. The number of allylic oxidation sites excluding steroid dienone is 1. The van der Waals surface area contributed by atoms with Crippen LogP contribution in [0, 0.1) is 0 Å². The zero-order valence-corrected chi connectivity index (χ0v) is 5.70. The van der Waals surface area contributed by atoms with Gasteiger partial charge in [0.25, 0.3) is 0 Å². The molecule has 0 bridgehead atoms. The molecule has 0 heterocycles. The number of nitrogens with two attached hydrogens (primary N) is 1. The Labute approximate surface area is 53.2 Å². The van der Waals surface area contributed by atoms with Gasteiger partial charge in [0.15, 0.2) is 0 Å². The molecule has 0 fully saturated rings. The van der Waals surface area contributed by atoms with Gasteiger partial charge in [0.05, 0.1) is 0 Å². The van der Waals surface area contributed by atoms with Gasteiger partial charge in [-0.3, -0.25) is 5.50 Å². The molecule has 0 rings (SSSR count). The summed E-state index contributed by atoms with van der Waals surface area (Å²) in [6.45, 7) is 0. The normalized spacial score (nSPS) is 13.9. The minimum Gasteiger partial charge on any atom is -0.478 e. The largest absolute Gasteiger partial charge is 0.478 e. The minimum absolute atomic E-state index is 0.164. The van der Waals surface area contributed by atoms with E-state index in [1.165, 1.54) is 6.08 Å². The summed E-state index contributed by atoms with van der Waals surface area (Å²) in [6.07, 6.45) is 2.37. The van der Waals surface area contributed by atoms with Gasteiger partial charge in [0.1, 0.15) is 7.95 Å². The van der Waals surface area contributed by atoms with Crippen LogP contribution in [0.15, 0.2) is 12.2 Å². The first kappa shape index (κ1) is 8.40. The van der Waals surface area contributed by atoms with Gasteiger partial charge in [-0.25, -0.2) is 4.79 Å². The molecule has 52 valence electrons. The van der Waals surface area contributed by atoms with E-state index in [-0.39, 0.29) is 6.16 Å². The molecule has 0 aromatic rings. The highest BCUT2D eigenvalue weighted by molar-refractivity contribution is 7.42.